The van der Waals surface area contributed by atoms with Gasteiger partial charge in [0, 0.05) is 28.8 Å². The molecular formula is C15H12N4O4S. The van der Waals surface area contributed by atoms with Crippen LogP contribution in [0.15, 0.2) is 35.8 Å². The highest BCUT2D eigenvalue weighted by Crippen LogP contribution is 2.21. The lowest BCUT2D eigenvalue weighted by Crippen LogP contribution is -2.05. The minimum Gasteiger partial charge on any atom is -0.454 e. The van der Waals surface area contributed by atoms with Gasteiger partial charge < -0.3 is 9.72 Å². The van der Waals surface area contributed by atoms with Crippen LogP contribution in [0, 0.1) is 17.0 Å². The number of imidazole rings is 1. The molecule has 0 amide bonds. The lowest BCUT2D eigenvalue weighted by atomic mass is 10.2. The minimum absolute atomic E-state index is 0.0489. The first-order valence-electron chi connectivity index (χ1n) is 6.91. The van der Waals surface area contributed by atoms with Gasteiger partial charge in [-0.1, -0.05) is 12.1 Å². The monoisotopic (exact) mass is 344 g/mol. The van der Waals surface area contributed by atoms with E-state index in [1.807, 2.05) is 12.3 Å². The summed E-state index contributed by atoms with van der Waals surface area (Å²) in [5.41, 5.74) is 1.51. The van der Waals surface area contributed by atoms with Crippen molar-refractivity contribution in [1.82, 2.24) is 15.0 Å². The summed E-state index contributed by atoms with van der Waals surface area (Å²) in [6, 6.07) is 5.99. The number of H-pyrrole nitrogens is 1. The Morgan fingerprint density at radius 3 is 3.00 bits per heavy atom. The van der Waals surface area contributed by atoms with Crippen LogP contribution >= 0.6 is 11.3 Å². The summed E-state index contributed by atoms with van der Waals surface area (Å²) in [5, 5.41) is 13.4. The maximum Gasteiger partial charge on any atom is 0.356 e. The number of nitrogens with zero attached hydrogens (tertiary/aromatic N) is 3. The van der Waals surface area contributed by atoms with Gasteiger partial charge in [-0.05, 0) is 6.92 Å². The van der Waals surface area contributed by atoms with Crippen LogP contribution in [0.2, 0.25) is 0 Å². The number of aromatic amines is 1. The molecule has 8 nitrogen and oxygen atoms in total. The zero-order valence-electron chi connectivity index (χ0n) is 12.6. The van der Waals surface area contributed by atoms with E-state index in [0.29, 0.717) is 16.4 Å². The highest BCUT2D eigenvalue weighted by molar-refractivity contribution is 7.09. The normalized spacial score (nSPS) is 10.5. The summed E-state index contributed by atoms with van der Waals surface area (Å²) < 4.78 is 5.17. The van der Waals surface area contributed by atoms with Crippen molar-refractivity contribution in [1.29, 1.82) is 0 Å². The molecule has 0 aliphatic carbocycles. The quantitative estimate of drug-likeness (QED) is 0.432. The highest BCUT2D eigenvalue weighted by atomic mass is 32.1. The summed E-state index contributed by atoms with van der Waals surface area (Å²) in [6.45, 7) is 1.95. The number of nitro benzene ring substituents is 1. The summed E-state index contributed by atoms with van der Waals surface area (Å²) in [6.07, 6.45) is 1.34. The molecule has 0 unspecified atom stereocenters. The van der Waals surface area contributed by atoms with Crippen LogP contribution in [0.4, 0.5) is 5.69 Å². The van der Waals surface area contributed by atoms with E-state index in [2.05, 4.69) is 15.0 Å². The third-order valence-electron chi connectivity index (χ3n) is 3.12. The molecule has 3 rings (SSSR count). The van der Waals surface area contributed by atoms with Crippen molar-refractivity contribution < 1.29 is 14.5 Å². The molecule has 0 bridgehead atoms. The number of thiazole rings is 1. The van der Waals surface area contributed by atoms with E-state index in [-0.39, 0.29) is 18.0 Å². The van der Waals surface area contributed by atoms with E-state index >= 15 is 0 Å². The van der Waals surface area contributed by atoms with Gasteiger partial charge in [-0.25, -0.2) is 14.8 Å². The zero-order chi connectivity index (χ0) is 17.1. The number of carbonyl (C=O) groups excluding carboxylic acids is 1. The average Bonchev–Trinajstić information content (AvgIpc) is 3.22. The second-order valence-electron chi connectivity index (χ2n) is 4.91. The summed E-state index contributed by atoms with van der Waals surface area (Å²) in [4.78, 5) is 33.4. The molecule has 0 aliphatic heterocycles. The van der Waals surface area contributed by atoms with Gasteiger partial charge in [0.15, 0.2) is 0 Å². The van der Waals surface area contributed by atoms with Crippen LogP contribution in [0.5, 0.6) is 0 Å². The number of rotatable bonds is 5. The van der Waals surface area contributed by atoms with Gasteiger partial charge in [-0.3, -0.25) is 10.1 Å². The van der Waals surface area contributed by atoms with Gasteiger partial charge in [-0.15, -0.1) is 11.3 Å². The molecule has 0 aliphatic rings. The Morgan fingerprint density at radius 1 is 1.46 bits per heavy atom. The number of hydrogen-bond acceptors (Lipinski definition) is 7. The Labute approximate surface area is 140 Å². The van der Waals surface area contributed by atoms with Crippen LogP contribution in [-0.2, 0) is 11.3 Å². The molecule has 0 saturated heterocycles. The second kappa shape index (κ2) is 6.59. The van der Waals surface area contributed by atoms with Gasteiger partial charge in [0.25, 0.3) is 5.69 Å². The van der Waals surface area contributed by atoms with Crippen molar-refractivity contribution in [3.63, 3.8) is 0 Å². The number of aryl methyl sites for hydroxylation is 1. The molecule has 3 aromatic rings. The summed E-state index contributed by atoms with van der Waals surface area (Å²) in [7, 11) is 0. The topological polar surface area (TPSA) is 111 Å². The Hall–Kier alpha value is -3.07. The predicted octanol–water partition coefficient (Wildman–Crippen LogP) is 3.11. The fourth-order valence-corrected chi connectivity index (χ4v) is 2.70. The summed E-state index contributed by atoms with van der Waals surface area (Å²) in [5.74, 6) is -0.206. The van der Waals surface area contributed by atoms with E-state index in [1.165, 1.54) is 29.7 Å². The molecule has 0 atom stereocenters. The van der Waals surface area contributed by atoms with Crippen molar-refractivity contribution in [3.8, 4) is 11.4 Å². The van der Waals surface area contributed by atoms with Crippen LogP contribution in [0.1, 0.15) is 21.2 Å². The van der Waals surface area contributed by atoms with E-state index in [4.69, 9.17) is 4.74 Å². The van der Waals surface area contributed by atoms with Crippen LogP contribution in [0.25, 0.3) is 11.4 Å². The number of ether oxygens (including phenoxy) is 1. The molecule has 0 saturated carbocycles. The van der Waals surface area contributed by atoms with Crippen LogP contribution in [-0.4, -0.2) is 25.8 Å². The van der Waals surface area contributed by atoms with Gasteiger partial charge in [0.05, 0.1) is 11.1 Å². The zero-order valence-corrected chi connectivity index (χ0v) is 13.4. The molecule has 2 heterocycles. The maximum absolute atomic E-state index is 12.0. The molecule has 24 heavy (non-hydrogen) atoms. The molecule has 0 fully saturated rings. The Bertz CT molecular complexity index is 902. The molecule has 0 spiro atoms. The first kappa shape index (κ1) is 15.8. The smallest absolute Gasteiger partial charge is 0.356 e. The third-order valence-corrected chi connectivity index (χ3v) is 4.06. The number of aromatic nitrogens is 3. The van der Waals surface area contributed by atoms with E-state index in [1.54, 1.807) is 12.1 Å². The van der Waals surface area contributed by atoms with E-state index in [9.17, 15) is 14.9 Å². The van der Waals surface area contributed by atoms with E-state index in [0.717, 1.165) is 5.69 Å². The molecule has 1 aromatic carbocycles. The lowest BCUT2D eigenvalue weighted by molar-refractivity contribution is -0.384. The first-order valence-corrected chi connectivity index (χ1v) is 7.79. The largest absolute Gasteiger partial charge is 0.454 e. The second-order valence-corrected chi connectivity index (χ2v) is 5.85. The average molecular weight is 344 g/mol. The van der Waals surface area contributed by atoms with Crippen molar-refractivity contribution in [3.05, 3.63) is 62.4 Å². The molecule has 2 aromatic heterocycles. The third kappa shape index (κ3) is 3.46. The summed E-state index contributed by atoms with van der Waals surface area (Å²) >= 11 is 1.42. The molecule has 9 heteroatoms. The van der Waals surface area contributed by atoms with Crippen molar-refractivity contribution in [2.45, 2.75) is 13.5 Å². The fraction of sp³-hybridized carbons (Fsp3) is 0.133. The number of nitro groups is 1. The Kier molecular flexibility index (Phi) is 4.34. The molecule has 1 N–H and O–H groups in total. The number of carbonyl (C=O) groups is 1. The van der Waals surface area contributed by atoms with E-state index < -0.39 is 10.9 Å². The number of hydrogen-bond donors (Lipinski definition) is 1. The fourth-order valence-electron chi connectivity index (χ4n) is 2.01. The number of benzene rings is 1. The van der Waals surface area contributed by atoms with Gasteiger partial charge >= 0.3 is 5.97 Å². The number of non-ortho nitro benzene ring substituents is 1. The molecule has 0 radical (unpaired) electrons. The van der Waals surface area contributed by atoms with Crippen LogP contribution in [0.3, 0.4) is 0 Å². The van der Waals surface area contributed by atoms with Gasteiger partial charge in [0.2, 0.25) is 0 Å². The SMILES string of the molecule is Cc1csc(COC(=O)c2cnc(-c3cccc([N+](=O)[O-])c3)[nH]2)n1. The first-order chi connectivity index (χ1) is 11.5. The van der Waals surface area contributed by atoms with Gasteiger partial charge in [0.1, 0.15) is 23.1 Å². The van der Waals surface area contributed by atoms with Crippen molar-refractivity contribution in [2.75, 3.05) is 0 Å². The maximum atomic E-state index is 12.0. The lowest BCUT2D eigenvalue weighted by Gasteiger charge is -2.00. The number of esters is 1. The Balaban J connectivity index is 1.71. The van der Waals surface area contributed by atoms with Crippen LogP contribution < -0.4 is 0 Å². The van der Waals surface area contributed by atoms with Crippen molar-refractivity contribution >= 4 is 23.0 Å². The molecule has 122 valence electrons. The Morgan fingerprint density at radius 2 is 2.29 bits per heavy atom. The number of nitrogens with one attached hydrogen (secondary N) is 1. The highest BCUT2D eigenvalue weighted by Gasteiger charge is 2.14. The van der Waals surface area contributed by atoms with Gasteiger partial charge in [-0.2, -0.15) is 0 Å². The minimum atomic E-state index is -0.563. The van der Waals surface area contributed by atoms with Crippen molar-refractivity contribution in [2.24, 2.45) is 0 Å². The predicted molar refractivity (Wildman–Crippen MR) is 86.6 cm³/mol. The molecular weight excluding hydrogens is 332 g/mol. The standard InChI is InChI=1S/C15H12N4O4S/c1-9-8-24-13(17-9)7-23-15(20)12-6-16-14(18-12)10-3-2-4-11(5-10)19(21)22/h2-6,8H,7H2,1H3,(H,16,18).